The molecule has 0 aliphatic carbocycles. The first-order valence-electron chi connectivity index (χ1n) is 6.18. The number of aliphatic hydroxyl groups is 1. The minimum Gasteiger partial charge on any atom is -0.486 e. The average molecular weight is 252 g/mol. The molecule has 0 fully saturated rings. The maximum absolute atomic E-state index is 9.37. The van der Waals surface area contributed by atoms with Crippen LogP contribution in [0.15, 0.2) is 12.1 Å². The van der Waals surface area contributed by atoms with E-state index in [1.54, 1.807) is 0 Å². The van der Waals surface area contributed by atoms with Gasteiger partial charge in [0.2, 0.25) is 0 Å². The number of hydrogen-bond donors (Lipinski definition) is 3. The molecular weight excluding hydrogens is 232 g/mol. The molecule has 1 heterocycles. The molecule has 0 amide bonds. The molecule has 18 heavy (non-hydrogen) atoms. The van der Waals surface area contributed by atoms with E-state index in [-0.39, 0.29) is 6.54 Å². The summed E-state index contributed by atoms with van der Waals surface area (Å²) in [5.41, 5.74) is 7.64. The largest absolute Gasteiger partial charge is 0.486 e. The van der Waals surface area contributed by atoms with Gasteiger partial charge in [0.15, 0.2) is 11.5 Å². The Hall–Kier alpha value is -1.30. The lowest BCUT2D eigenvalue weighted by molar-refractivity contribution is 0.171. The van der Waals surface area contributed by atoms with Gasteiger partial charge in [-0.05, 0) is 30.2 Å². The normalized spacial score (nSPS) is 15.5. The molecule has 2 rings (SSSR count). The molecule has 1 aromatic carbocycles. The predicted molar refractivity (Wildman–Crippen MR) is 68.9 cm³/mol. The molecule has 0 saturated carbocycles. The Morgan fingerprint density at radius 3 is 2.67 bits per heavy atom. The van der Waals surface area contributed by atoms with Crippen molar-refractivity contribution in [3.8, 4) is 11.5 Å². The molecule has 0 aromatic heterocycles. The van der Waals surface area contributed by atoms with Crippen molar-refractivity contribution >= 4 is 0 Å². The summed E-state index contributed by atoms with van der Waals surface area (Å²) in [6, 6.07) is 3.98. The number of fused-ring (bicyclic) bond motifs is 1. The van der Waals surface area contributed by atoms with Crippen LogP contribution in [0.3, 0.4) is 0 Å². The number of benzene rings is 1. The Labute approximate surface area is 107 Å². The second kappa shape index (κ2) is 6.04. The van der Waals surface area contributed by atoms with Gasteiger partial charge in [-0.3, -0.25) is 0 Å². The Morgan fingerprint density at radius 2 is 2.00 bits per heavy atom. The number of aliphatic hydroxyl groups excluding tert-OH is 1. The van der Waals surface area contributed by atoms with Crippen LogP contribution in [0.25, 0.3) is 0 Å². The third kappa shape index (κ3) is 3.13. The van der Waals surface area contributed by atoms with Crippen molar-refractivity contribution in [2.45, 2.75) is 19.6 Å². The van der Waals surface area contributed by atoms with Gasteiger partial charge in [-0.1, -0.05) is 0 Å². The number of ether oxygens (including phenoxy) is 2. The fraction of sp³-hybridized carbons (Fsp3) is 0.538. The Kier molecular flexibility index (Phi) is 4.41. The van der Waals surface area contributed by atoms with Crippen molar-refractivity contribution in [2.24, 2.45) is 5.73 Å². The quantitative estimate of drug-likeness (QED) is 0.696. The van der Waals surface area contributed by atoms with Crippen LogP contribution in [0.2, 0.25) is 0 Å². The highest BCUT2D eigenvalue weighted by Gasteiger charge is 2.14. The SMILES string of the molecule is Cc1cc2c(cc1CNCC(O)CN)OCCO2. The second-order valence-corrected chi connectivity index (χ2v) is 4.44. The van der Waals surface area contributed by atoms with Gasteiger partial charge < -0.3 is 25.6 Å². The van der Waals surface area contributed by atoms with Crippen LogP contribution >= 0.6 is 0 Å². The fourth-order valence-corrected chi connectivity index (χ4v) is 1.88. The standard InChI is InChI=1S/C13H20N2O3/c1-9-4-12-13(18-3-2-17-12)5-10(9)7-15-8-11(16)6-14/h4-5,11,15-16H,2-3,6-8,14H2,1H3. The first kappa shape index (κ1) is 13.1. The lowest BCUT2D eigenvalue weighted by Crippen LogP contribution is -2.32. The van der Waals surface area contributed by atoms with Crippen molar-refractivity contribution in [1.82, 2.24) is 5.32 Å². The summed E-state index contributed by atoms with van der Waals surface area (Å²) in [5.74, 6) is 1.60. The summed E-state index contributed by atoms with van der Waals surface area (Å²) in [5, 5.41) is 12.5. The van der Waals surface area contributed by atoms with Gasteiger partial charge in [0.25, 0.3) is 0 Å². The van der Waals surface area contributed by atoms with Crippen LogP contribution in [-0.2, 0) is 6.54 Å². The van der Waals surface area contributed by atoms with E-state index < -0.39 is 6.10 Å². The summed E-state index contributed by atoms with van der Waals surface area (Å²) in [6.07, 6.45) is -0.498. The lowest BCUT2D eigenvalue weighted by Gasteiger charge is -2.20. The Morgan fingerprint density at radius 1 is 1.33 bits per heavy atom. The van der Waals surface area contributed by atoms with Gasteiger partial charge in [-0.25, -0.2) is 0 Å². The number of nitrogens with one attached hydrogen (secondary N) is 1. The summed E-state index contributed by atoms with van der Waals surface area (Å²) in [6.45, 7) is 4.67. The zero-order valence-electron chi connectivity index (χ0n) is 10.6. The maximum Gasteiger partial charge on any atom is 0.161 e. The maximum atomic E-state index is 9.37. The van der Waals surface area contributed by atoms with Crippen LogP contribution in [0.5, 0.6) is 11.5 Å². The molecule has 1 aromatic rings. The zero-order chi connectivity index (χ0) is 13.0. The van der Waals surface area contributed by atoms with E-state index >= 15 is 0 Å². The van der Waals surface area contributed by atoms with Crippen molar-refractivity contribution < 1.29 is 14.6 Å². The van der Waals surface area contributed by atoms with E-state index in [0.717, 1.165) is 22.6 Å². The van der Waals surface area contributed by atoms with Gasteiger partial charge in [-0.15, -0.1) is 0 Å². The van der Waals surface area contributed by atoms with E-state index in [1.165, 1.54) is 0 Å². The molecule has 1 unspecified atom stereocenters. The molecule has 0 spiro atoms. The van der Waals surface area contributed by atoms with E-state index in [2.05, 4.69) is 5.32 Å². The van der Waals surface area contributed by atoms with Gasteiger partial charge >= 0.3 is 0 Å². The van der Waals surface area contributed by atoms with Crippen molar-refractivity contribution in [1.29, 1.82) is 0 Å². The van der Waals surface area contributed by atoms with Gasteiger partial charge in [-0.2, -0.15) is 0 Å². The number of hydrogen-bond acceptors (Lipinski definition) is 5. The van der Waals surface area contributed by atoms with E-state index in [9.17, 15) is 5.11 Å². The molecule has 0 bridgehead atoms. The Bertz CT molecular complexity index is 409. The Balaban J connectivity index is 2.00. The summed E-state index contributed by atoms with van der Waals surface area (Å²) in [7, 11) is 0. The number of nitrogens with two attached hydrogens (primary N) is 1. The molecule has 5 nitrogen and oxygen atoms in total. The number of aryl methyl sites for hydroxylation is 1. The van der Waals surface area contributed by atoms with Crippen molar-refractivity contribution in [3.05, 3.63) is 23.3 Å². The van der Waals surface area contributed by atoms with E-state index in [4.69, 9.17) is 15.2 Å². The van der Waals surface area contributed by atoms with Crippen LogP contribution < -0.4 is 20.5 Å². The minimum atomic E-state index is -0.498. The van der Waals surface area contributed by atoms with Gasteiger partial charge in [0, 0.05) is 19.6 Å². The van der Waals surface area contributed by atoms with Crippen molar-refractivity contribution in [2.75, 3.05) is 26.3 Å². The molecule has 1 aliphatic rings. The monoisotopic (exact) mass is 252 g/mol. The molecule has 0 radical (unpaired) electrons. The molecule has 5 heteroatoms. The lowest BCUT2D eigenvalue weighted by atomic mass is 10.1. The second-order valence-electron chi connectivity index (χ2n) is 4.44. The number of rotatable bonds is 5. The average Bonchev–Trinajstić information content (AvgIpc) is 2.39. The highest BCUT2D eigenvalue weighted by atomic mass is 16.6. The van der Waals surface area contributed by atoms with E-state index in [0.29, 0.717) is 26.3 Å². The van der Waals surface area contributed by atoms with Crippen LogP contribution in [-0.4, -0.2) is 37.5 Å². The van der Waals surface area contributed by atoms with Crippen molar-refractivity contribution in [3.63, 3.8) is 0 Å². The summed E-state index contributed by atoms with van der Waals surface area (Å²) < 4.78 is 11.1. The molecular formula is C13H20N2O3. The molecule has 4 N–H and O–H groups in total. The highest BCUT2D eigenvalue weighted by molar-refractivity contribution is 5.47. The fourth-order valence-electron chi connectivity index (χ4n) is 1.88. The molecule has 0 saturated heterocycles. The summed E-state index contributed by atoms with van der Waals surface area (Å²) in [4.78, 5) is 0. The third-order valence-corrected chi connectivity index (χ3v) is 2.97. The molecule has 1 atom stereocenters. The highest BCUT2D eigenvalue weighted by Crippen LogP contribution is 2.32. The first-order chi connectivity index (χ1) is 8.70. The third-order valence-electron chi connectivity index (χ3n) is 2.97. The first-order valence-corrected chi connectivity index (χ1v) is 6.18. The topological polar surface area (TPSA) is 76.7 Å². The van der Waals surface area contributed by atoms with Gasteiger partial charge in [0.05, 0.1) is 6.10 Å². The van der Waals surface area contributed by atoms with Crippen LogP contribution in [0.4, 0.5) is 0 Å². The zero-order valence-corrected chi connectivity index (χ0v) is 10.6. The summed E-state index contributed by atoms with van der Waals surface area (Å²) >= 11 is 0. The smallest absolute Gasteiger partial charge is 0.161 e. The molecule has 100 valence electrons. The minimum absolute atomic E-state index is 0.271. The van der Waals surface area contributed by atoms with Crippen LogP contribution in [0, 0.1) is 6.92 Å². The molecule has 1 aliphatic heterocycles. The van der Waals surface area contributed by atoms with Gasteiger partial charge in [0.1, 0.15) is 13.2 Å². The van der Waals surface area contributed by atoms with E-state index in [1.807, 2.05) is 19.1 Å². The predicted octanol–water partition coefficient (Wildman–Crippen LogP) is 0.175. The van der Waals surface area contributed by atoms with Crippen LogP contribution in [0.1, 0.15) is 11.1 Å².